The minimum Gasteiger partial charge on any atom is -0.492 e. The summed E-state index contributed by atoms with van der Waals surface area (Å²) >= 11 is 3.29. The fourth-order valence-electron chi connectivity index (χ4n) is 1.48. The van der Waals surface area contributed by atoms with Crippen molar-refractivity contribution >= 4 is 21.7 Å². The predicted molar refractivity (Wildman–Crippen MR) is 74.9 cm³/mol. The highest BCUT2D eigenvalue weighted by Gasteiger charge is 1.96. The van der Waals surface area contributed by atoms with Crippen LogP contribution in [-0.2, 0) is 0 Å². The van der Waals surface area contributed by atoms with Crippen molar-refractivity contribution in [2.75, 3.05) is 18.5 Å². The monoisotopic (exact) mass is 307 g/mol. The van der Waals surface area contributed by atoms with Crippen molar-refractivity contribution in [2.45, 2.75) is 6.92 Å². The molecule has 0 saturated heterocycles. The van der Waals surface area contributed by atoms with Crippen molar-refractivity contribution in [1.29, 1.82) is 0 Å². The second kappa shape index (κ2) is 6.35. The lowest BCUT2D eigenvalue weighted by Gasteiger charge is -2.08. The third-order valence-corrected chi connectivity index (χ3v) is 2.73. The molecule has 18 heavy (non-hydrogen) atoms. The number of aromatic nitrogens is 2. The van der Waals surface area contributed by atoms with Gasteiger partial charge >= 0.3 is 0 Å². The fraction of sp³-hybridized carbons (Fsp3) is 0.231. The summed E-state index contributed by atoms with van der Waals surface area (Å²) in [6, 6.07) is 9.82. The van der Waals surface area contributed by atoms with Crippen LogP contribution in [-0.4, -0.2) is 23.1 Å². The standard InChI is InChI=1S/C13H14BrN3O/c1-10-3-2-4-11(7-10)18-6-5-15-13-8-12(14)16-9-17-13/h2-4,7-9H,5-6H2,1H3,(H,15,16,17). The number of rotatable bonds is 5. The van der Waals surface area contributed by atoms with Gasteiger partial charge in [-0.05, 0) is 40.5 Å². The maximum absolute atomic E-state index is 5.62. The fourth-order valence-corrected chi connectivity index (χ4v) is 1.79. The van der Waals surface area contributed by atoms with E-state index in [1.165, 1.54) is 11.9 Å². The number of nitrogens with one attached hydrogen (secondary N) is 1. The van der Waals surface area contributed by atoms with Gasteiger partial charge in [-0.2, -0.15) is 0 Å². The zero-order valence-corrected chi connectivity index (χ0v) is 11.6. The van der Waals surface area contributed by atoms with Gasteiger partial charge in [0.05, 0.1) is 6.54 Å². The van der Waals surface area contributed by atoms with Gasteiger partial charge in [0.2, 0.25) is 0 Å². The number of nitrogens with zero attached hydrogens (tertiary/aromatic N) is 2. The van der Waals surface area contributed by atoms with E-state index in [9.17, 15) is 0 Å². The van der Waals surface area contributed by atoms with E-state index in [0.717, 1.165) is 16.2 Å². The van der Waals surface area contributed by atoms with Crippen LogP contribution in [0.4, 0.5) is 5.82 Å². The van der Waals surface area contributed by atoms with Crippen molar-refractivity contribution < 1.29 is 4.74 Å². The van der Waals surface area contributed by atoms with Crippen LogP contribution in [0.5, 0.6) is 5.75 Å². The van der Waals surface area contributed by atoms with E-state index < -0.39 is 0 Å². The van der Waals surface area contributed by atoms with Gasteiger partial charge in [-0.1, -0.05) is 12.1 Å². The number of hydrogen-bond acceptors (Lipinski definition) is 4. The molecule has 1 aromatic carbocycles. The molecule has 0 spiro atoms. The van der Waals surface area contributed by atoms with Gasteiger partial charge in [0.25, 0.3) is 0 Å². The molecule has 2 rings (SSSR count). The molecule has 5 heteroatoms. The molecule has 0 saturated carbocycles. The average Bonchev–Trinajstić information content (AvgIpc) is 2.35. The maximum Gasteiger partial charge on any atom is 0.130 e. The molecule has 94 valence electrons. The summed E-state index contributed by atoms with van der Waals surface area (Å²) in [6.45, 7) is 3.33. The molecular weight excluding hydrogens is 294 g/mol. The Balaban J connectivity index is 1.76. The lowest BCUT2D eigenvalue weighted by molar-refractivity contribution is 0.332. The zero-order valence-electron chi connectivity index (χ0n) is 10.1. The smallest absolute Gasteiger partial charge is 0.130 e. The molecule has 2 aromatic rings. The second-order valence-electron chi connectivity index (χ2n) is 3.82. The molecule has 0 unspecified atom stereocenters. The third-order valence-electron chi connectivity index (χ3n) is 2.30. The van der Waals surface area contributed by atoms with Crippen molar-refractivity contribution in [2.24, 2.45) is 0 Å². The van der Waals surface area contributed by atoms with Gasteiger partial charge in [-0.3, -0.25) is 0 Å². The number of benzene rings is 1. The van der Waals surface area contributed by atoms with Crippen molar-refractivity contribution in [3.63, 3.8) is 0 Å². The molecule has 0 amide bonds. The Morgan fingerprint density at radius 3 is 2.94 bits per heavy atom. The second-order valence-corrected chi connectivity index (χ2v) is 4.63. The van der Waals surface area contributed by atoms with Gasteiger partial charge in [0.1, 0.15) is 29.1 Å². The van der Waals surface area contributed by atoms with E-state index in [2.05, 4.69) is 31.2 Å². The number of ether oxygens (including phenoxy) is 1. The summed E-state index contributed by atoms with van der Waals surface area (Å²) < 4.78 is 6.38. The molecule has 0 atom stereocenters. The summed E-state index contributed by atoms with van der Waals surface area (Å²) in [6.07, 6.45) is 1.51. The van der Waals surface area contributed by atoms with Gasteiger partial charge in [-0.25, -0.2) is 9.97 Å². The van der Waals surface area contributed by atoms with Crippen LogP contribution in [0.1, 0.15) is 5.56 Å². The van der Waals surface area contributed by atoms with E-state index in [0.29, 0.717) is 13.2 Å². The molecule has 1 heterocycles. The SMILES string of the molecule is Cc1cccc(OCCNc2cc(Br)ncn2)c1. The van der Waals surface area contributed by atoms with Crippen LogP contribution in [0.15, 0.2) is 41.3 Å². The largest absolute Gasteiger partial charge is 0.492 e. The van der Waals surface area contributed by atoms with E-state index in [-0.39, 0.29) is 0 Å². The molecule has 0 aliphatic heterocycles. The molecule has 1 aromatic heterocycles. The molecular formula is C13H14BrN3O. The number of hydrogen-bond donors (Lipinski definition) is 1. The van der Waals surface area contributed by atoms with Crippen molar-refractivity contribution in [1.82, 2.24) is 9.97 Å². The summed E-state index contributed by atoms with van der Waals surface area (Å²) in [5, 5.41) is 3.16. The van der Waals surface area contributed by atoms with E-state index in [1.54, 1.807) is 0 Å². The first-order valence-electron chi connectivity index (χ1n) is 5.65. The average molecular weight is 308 g/mol. The lowest BCUT2D eigenvalue weighted by atomic mass is 10.2. The Labute approximate surface area is 115 Å². The van der Waals surface area contributed by atoms with Gasteiger partial charge in [0.15, 0.2) is 0 Å². The first-order chi connectivity index (χ1) is 8.74. The van der Waals surface area contributed by atoms with Crippen molar-refractivity contribution in [3.8, 4) is 5.75 Å². The molecule has 0 fully saturated rings. The molecule has 4 nitrogen and oxygen atoms in total. The normalized spacial score (nSPS) is 10.1. The highest BCUT2D eigenvalue weighted by atomic mass is 79.9. The lowest BCUT2D eigenvalue weighted by Crippen LogP contribution is -2.12. The van der Waals surface area contributed by atoms with E-state index in [4.69, 9.17) is 4.74 Å². The first-order valence-corrected chi connectivity index (χ1v) is 6.44. The Hall–Kier alpha value is -1.62. The Morgan fingerprint density at radius 1 is 1.28 bits per heavy atom. The summed E-state index contributed by atoms with van der Waals surface area (Å²) in [7, 11) is 0. The first kappa shape index (κ1) is 12.8. The van der Waals surface area contributed by atoms with Crippen LogP contribution < -0.4 is 10.1 Å². The number of anilines is 1. The molecule has 0 aliphatic carbocycles. The summed E-state index contributed by atoms with van der Waals surface area (Å²) in [4.78, 5) is 8.05. The van der Waals surface area contributed by atoms with Crippen LogP contribution in [0.2, 0.25) is 0 Å². The molecule has 0 aliphatic rings. The van der Waals surface area contributed by atoms with Crippen LogP contribution in [0, 0.1) is 6.92 Å². The highest BCUT2D eigenvalue weighted by Crippen LogP contribution is 2.12. The van der Waals surface area contributed by atoms with Crippen LogP contribution >= 0.6 is 15.9 Å². The summed E-state index contributed by atoms with van der Waals surface area (Å²) in [5.41, 5.74) is 1.19. The Bertz CT molecular complexity index is 472. The highest BCUT2D eigenvalue weighted by molar-refractivity contribution is 9.10. The number of aryl methyl sites for hydroxylation is 1. The molecule has 1 N–H and O–H groups in total. The van der Waals surface area contributed by atoms with E-state index >= 15 is 0 Å². The topological polar surface area (TPSA) is 47.0 Å². The van der Waals surface area contributed by atoms with Gasteiger partial charge < -0.3 is 10.1 Å². The number of halogens is 1. The van der Waals surface area contributed by atoms with E-state index in [1.807, 2.05) is 37.3 Å². The van der Waals surface area contributed by atoms with Gasteiger partial charge in [-0.15, -0.1) is 0 Å². The molecule has 0 radical (unpaired) electrons. The minimum atomic E-state index is 0.588. The maximum atomic E-state index is 5.62. The Morgan fingerprint density at radius 2 is 2.17 bits per heavy atom. The predicted octanol–water partition coefficient (Wildman–Crippen LogP) is 3.04. The summed E-state index contributed by atoms with van der Waals surface area (Å²) in [5.74, 6) is 1.67. The van der Waals surface area contributed by atoms with Crippen LogP contribution in [0.25, 0.3) is 0 Å². The zero-order chi connectivity index (χ0) is 12.8. The van der Waals surface area contributed by atoms with Crippen molar-refractivity contribution in [3.05, 3.63) is 46.8 Å². The Kier molecular flexibility index (Phi) is 4.52. The minimum absolute atomic E-state index is 0.588. The van der Waals surface area contributed by atoms with Crippen LogP contribution in [0.3, 0.4) is 0 Å². The third kappa shape index (κ3) is 4.00. The van der Waals surface area contributed by atoms with Gasteiger partial charge in [0, 0.05) is 6.07 Å². The quantitative estimate of drug-likeness (QED) is 0.681. The molecule has 0 bridgehead atoms.